The summed E-state index contributed by atoms with van der Waals surface area (Å²) in [6.07, 6.45) is 2.88. The zero-order valence-electron chi connectivity index (χ0n) is 12.8. The second kappa shape index (κ2) is 6.37. The van der Waals surface area contributed by atoms with E-state index in [1.807, 2.05) is 0 Å². The van der Waals surface area contributed by atoms with Crippen molar-refractivity contribution >= 4 is 17.5 Å². The minimum Gasteiger partial charge on any atom is -0.458 e. The summed E-state index contributed by atoms with van der Waals surface area (Å²) in [5.74, 6) is 1.61. The number of nitro groups is 1. The van der Waals surface area contributed by atoms with Crippen LogP contribution in [0.15, 0.2) is 63.4 Å². The van der Waals surface area contributed by atoms with Crippen LogP contribution >= 0.6 is 0 Å². The standard InChI is InChI=1S/C18H13NO5/c1-12-5-9-18(23-12)16(20)8-6-15-7-10-17(24-15)13-3-2-4-14(11-13)19(21)22/h2-11H,1H3. The van der Waals surface area contributed by atoms with Crippen LogP contribution in [0, 0.1) is 17.0 Å². The van der Waals surface area contributed by atoms with Crippen molar-refractivity contribution in [1.29, 1.82) is 0 Å². The van der Waals surface area contributed by atoms with E-state index >= 15 is 0 Å². The van der Waals surface area contributed by atoms with Crippen LogP contribution in [0.5, 0.6) is 0 Å². The molecule has 0 aliphatic carbocycles. The maximum Gasteiger partial charge on any atom is 0.270 e. The molecule has 0 radical (unpaired) electrons. The highest BCUT2D eigenvalue weighted by Gasteiger charge is 2.10. The van der Waals surface area contributed by atoms with E-state index in [0.29, 0.717) is 22.8 Å². The molecule has 6 nitrogen and oxygen atoms in total. The number of nitrogens with zero attached hydrogens (tertiary/aromatic N) is 1. The SMILES string of the molecule is Cc1ccc(C(=O)C=Cc2ccc(-c3cccc([N+](=O)[O-])c3)o2)o1. The zero-order valence-corrected chi connectivity index (χ0v) is 12.8. The fourth-order valence-electron chi connectivity index (χ4n) is 2.18. The van der Waals surface area contributed by atoms with Gasteiger partial charge in [0.25, 0.3) is 5.69 Å². The molecule has 2 aromatic heterocycles. The molecule has 0 saturated carbocycles. The number of ketones is 1. The van der Waals surface area contributed by atoms with Crippen molar-refractivity contribution in [2.75, 3.05) is 0 Å². The Labute approximate surface area is 137 Å². The first kappa shape index (κ1) is 15.5. The van der Waals surface area contributed by atoms with Gasteiger partial charge in [0.2, 0.25) is 5.78 Å². The Morgan fingerprint density at radius 3 is 2.67 bits per heavy atom. The van der Waals surface area contributed by atoms with Gasteiger partial charge in [-0.2, -0.15) is 0 Å². The molecule has 120 valence electrons. The third-order valence-corrected chi connectivity index (χ3v) is 3.35. The Morgan fingerprint density at radius 1 is 1.12 bits per heavy atom. The molecule has 24 heavy (non-hydrogen) atoms. The van der Waals surface area contributed by atoms with E-state index in [0.717, 1.165) is 0 Å². The summed E-state index contributed by atoms with van der Waals surface area (Å²) < 4.78 is 10.9. The van der Waals surface area contributed by atoms with Crippen LogP contribution in [0.2, 0.25) is 0 Å². The zero-order chi connectivity index (χ0) is 17.1. The van der Waals surface area contributed by atoms with E-state index in [9.17, 15) is 14.9 Å². The number of furan rings is 2. The van der Waals surface area contributed by atoms with Crippen molar-refractivity contribution in [2.45, 2.75) is 6.92 Å². The smallest absolute Gasteiger partial charge is 0.270 e. The molecule has 0 spiro atoms. The van der Waals surface area contributed by atoms with Crippen LogP contribution in [0.25, 0.3) is 17.4 Å². The van der Waals surface area contributed by atoms with E-state index in [1.165, 1.54) is 24.3 Å². The lowest BCUT2D eigenvalue weighted by Crippen LogP contribution is -1.90. The van der Waals surface area contributed by atoms with Crippen molar-refractivity contribution in [3.8, 4) is 11.3 Å². The predicted octanol–water partition coefficient (Wildman–Crippen LogP) is 4.65. The van der Waals surface area contributed by atoms with Gasteiger partial charge in [0, 0.05) is 17.7 Å². The minimum atomic E-state index is -0.461. The lowest BCUT2D eigenvalue weighted by molar-refractivity contribution is -0.384. The van der Waals surface area contributed by atoms with E-state index in [2.05, 4.69) is 0 Å². The van der Waals surface area contributed by atoms with E-state index in [4.69, 9.17) is 8.83 Å². The van der Waals surface area contributed by atoms with Gasteiger partial charge in [0.15, 0.2) is 5.76 Å². The number of carbonyl (C=O) groups is 1. The summed E-state index contributed by atoms with van der Waals surface area (Å²) in [6.45, 7) is 1.76. The van der Waals surface area contributed by atoms with Gasteiger partial charge in [0.1, 0.15) is 17.3 Å². The van der Waals surface area contributed by atoms with Gasteiger partial charge in [0.05, 0.1) is 4.92 Å². The summed E-state index contributed by atoms with van der Waals surface area (Å²) in [5, 5.41) is 10.8. The lowest BCUT2D eigenvalue weighted by Gasteiger charge is -1.96. The van der Waals surface area contributed by atoms with Crippen molar-refractivity contribution < 1.29 is 18.6 Å². The largest absolute Gasteiger partial charge is 0.458 e. The molecule has 0 saturated heterocycles. The van der Waals surface area contributed by atoms with Crippen LogP contribution in [0.4, 0.5) is 5.69 Å². The second-order valence-electron chi connectivity index (χ2n) is 5.12. The molecular weight excluding hydrogens is 310 g/mol. The third kappa shape index (κ3) is 3.33. The summed E-state index contributed by atoms with van der Waals surface area (Å²) in [5.41, 5.74) is 0.584. The first-order chi connectivity index (χ1) is 11.5. The fraction of sp³-hybridized carbons (Fsp3) is 0.0556. The number of carbonyl (C=O) groups excluding carboxylic acids is 1. The van der Waals surface area contributed by atoms with Gasteiger partial charge in [-0.3, -0.25) is 14.9 Å². The Hall–Kier alpha value is -3.41. The highest BCUT2D eigenvalue weighted by Crippen LogP contribution is 2.26. The van der Waals surface area contributed by atoms with Crippen molar-refractivity contribution in [2.24, 2.45) is 0 Å². The molecular formula is C18H13NO5. The Balaban J connectivity index is 1.78. The fourth-order valence-corrected chi connectivity index (χ4v) is 2.18. The minimum absolute atomic E-state index is 0.00985. The maximum absolute atomic E-state index is 11.9. The van der Waals surface area contributed by atoms with Crippen molar-refractivity contribution in [3.05, 3.63) is 82.0 Å². The average Bonchev–Trinajstić information content (AvgIpc) is 3.22. The highest BCUT2D eigenvalue weighted by molar-refractivity contribution is 6.04. The number of allylic oxidation sites excluding steroid dienone is 1. The molecule has 0 N–H and O–H groups in total. The van der Waals surface area contributed by atoms with Crippen LogP contribution in [-0.4, -0.2) is 10.7 Å². The number of nitro benzene ring substituents is 1. The van der Waals surface area contributed by atoms with Gasteiger partial charge in [-0.15, -0.1) is 0 Å². The molecule has 0 unspecified atom stereocenters. The molecule has 0 aliphatic heterocycles. The monoisotopic (exact) mass is 323 g/mol. The van der Waals surface area contributed by atoms with Gasteiger partial charge in [-0.05, 0) is 43.3 Å². The summed E-state index contributed by atoms with van der Waals surface area (Å²) in [6, 6.07) is 12.9. The van der Waals surface area contributed by atoms with E-state index in [1.54, 1.807) is 43.3 Å². The Bertz CT molecular complexity index is 932. The summed E-state index contributed by atoms with van der Waals surface area (Å²) in [7, 11) is 0. The number of hydrogen-bond acceptors (Lipinski definition) is 5. The van der Waals surface area contributed by atoms with Crippen molar-refractivity contribution in [1.82, 2.24) is 0 Å². The third-order valence-electron chi connectivity index (χ3n) is 3.35. The molecule has 0 amide bonds. The van der Waals surface area contributed by atoms with Gasteiger partial charge in [-0.1, -0.05) is 12.1 Å². The molecule has 2 heterocycles. The van der Waals surface area contributed by atoms with E-state index in [-0.39, 0.29) is 17.2 Å². The number of non-ortho nitro benzene ring substituents is 1. The number of hydrogen-bond donors (Lipinski definition) is 0. The number of aryl methyl sites for hydroxylation is 1. The molecule has 0 aliphatic rings. The molecule has 0 bridgehead atoms. The van der Waals surface area contributed by atoms with Crippen LogP contribution in [0.3, 0.4) is 0 Å². The summed E-state index contributed by atoms with van der Waals surface area (Å²) in [4.78, 5) is 22.3. The van der Waals surface area contributed by atoms with Gasteiger partial charge >= 0.3 is 0 Å². The average molecular weight is 323 g/mol. The maximum atomic E-state index is 11.9. The van der Waals surface area contributed by atoms with Crippen LogP contribution in [-0.2, 0) is 0 Å². The second-order valence-corrected chi connectivity index (χ2v) is 5.12. The van der Waals surface area contributed by atoms with E-state index < -0.39 is 4.92 Å². The predicted molar refractivity (Wildman–Crippen MR) is 87.6 cm³/mol. The topological polar surface area (TPSA) is 86.5 Å². The molecule has 1 aromatic carbocycles. The normalized spacial score (nSPS) is 11.0. The number of benzene rings is 1. The van der Waals surface area contributed by atoms with Crippen LogP contribution in [0.1, 0.15) is 22.1 Å². The van der Waals surface area contributed by atoms with Crippen LogP contribution < -0.4 is 0 Å². The quantitative estimate of drug-likeness (QED) is 0.295. The first-order valence-corrected chi connectivity index (χ1v) is 7.16. The van der Waals surface area contributed by atoms with Gasteiger partial charge in [-0.25, -0.2) is 0 Å². The molecule has 0 fully saturated rings. The Morgan fingerprint density at radius 2 is 1.96 bits per heavy atom. The molecule has 6 heteroatoms. The molecule has 3 rings (SSSR count). The Kier molecular flexibility index (Phi) is 4.11. The van der Waals surface area contributed by atoms with Crippen molar-refractivity contribution in [3.63, 3.8) is 0 Å². The molecule has 0 atom stereocenters. The molecule has 3 aromatic rings. The highest BCUT2D eigenvalue weighted by atomic mass is 16.6. The first-order valence-electron chi connectivity index (χ1n) is 7.16. The summed E-state index contributed by atoms with van der Waals surface area (Å²) >= 11 is 0. The lowest BCUT2D eigenvalue weighted by atomic mass is 10.1. The van der Waals surface area contributed by atoms with Gasteiger partial charge < -0.3 is 8.83 Å². The number of rotatable bonds is 5.